The summed E-state index contributed by atoms with van der Waals surface area (Å²) in [6.45, 7) is 2.10. The molecule has 2 aromatic rings. The highest BCUT2D eigenvalue weighted by molar-refractivity contribution is 9.10. The lowest BCUT2D eigenvalue weighted by molar-refractivity contribution is -0.118. The third kappa shape index (κ3) is 5.28. The number of benzene rings is 2. The molecule has 0 unspecified atom stereocenters. The smallest absolute Gasteiger partial charge is 0.262 e. The van der Waals surface area contributed by atoms with Crippen molar-refractivity contribution in [3.05, 3.63) is 52.5 Å². The molecule has 0 radical (unpaired) electrons. The minimum absolute atomic E-state index is 0.0439. The summed E-state index contributed by atoms with van der Waals surface area (Å²) in [7, 11) is 1.60. The van der Waals surface area contributed by atoms with Crippen molar-refractivity contribution in [2.24, 2.45) is 0 Å². The number of nitrogens with one attached hydrogen (secondary N) is 1. The number of carbonyl (C=O) groups is 1. The van der Waals surface area contributed by atoms with E-state index in [-0.39, 0.29) is 12.5 Å². The lowest BCUT2D eigenvalue weighted by atomic mass is 10.1. The summed E-state index contributed by atoms with van der Waals surface area (Å²) >= 11 is 3.48. The van der Waals surface area contributed by atoms with Crippen LogP contribution in [0.5, 0.6) is 11.5 Å². The highest BCUT2D eigenvalue weighted by atomic mass is 79.9. The lowest BCUT2D eigenvalue weighted by Crippen LogP contribution is -2.20. The van der Waals surface area contributed by atoms with E-state index in [9.17, 15) is 4.79 Å². The minimum Gasteiger partial charge on any atom is -0.497 e. The fraction of sp³-hybridized carbons (Fsp3) is 0.278. The molecule has 0 aromatic heterocycles. The lowest BCUT2D eigenvalue weighted by Gasteiger charge is -2.10. The fourth-order valence-electron chi connectivity index (χ4n) is 2.12. The number of ether oxygens (including phenoxy) is 2. The third-order valence-electron chi connectivity index (χ3n) is 3.27. The van der Waals surface area contributed by atoms with Crippen molar-refractivity contribution in [1.82, 2.24) is 0 Å². The van der Waals surface area contributed by atoms with E-state index < -0.39 is 0 Å². The van der Waals surface area contributed by atoms with E-state index in [0.717, 1.165) is 23.1 Å². The van der Waals surface area contributed by atoms with E-state index in [4.69, 9.17) is 9.47 Å². The van der Waals surface area contributed by atoms with Gasteiger partial charge in [-0.15, -0.1) is 0 Å². The molecule has 0 bridgehead atoms. The van der Waals surface area contributed by atoms with Crippen LogP contribution in [0.3, 0.4) is 0 Å². The number of halogens is 1. The number of hydrogen-bond donors (Lipinski definition) is 1. The molecule has 23 heavy (non-hydrogen) atoms. The van der Waals surface area contributed by atoms with E-state index in [1.54, 1.807) is 31.4 Å². The van der Waals surface area contributed by atoms with E-state index in [1.807, 2.05) is 18.2 Å². The molecule has 122 valence electrons. The van der Waals surface area contributed by atoms with Gasteiger partial charge in [0, 0.05) is 5.69 Å². The predicted molar refractivity (Wildman–Crippen MR) is 95.3 cm³/mol. The first-order chi connectivity index (χ1) is 11.1. The van der Waals surface area contributed by atoms with Gasteiger partial charge in [-0.05, 0) is 64.3 Å². The topological polar surface area (TPSA) is 47.6 Å². The maximum Gasteiger partial charge on any atom is 0.262 e. The third-order valence-corrected chi connectivity index (χ3v) is 3.89. The van der Waals surface area contributed by atoms with E-state index in [0.29, 0.717) is 11.4 Å². The van der Waals surface area contributed by atoms with Crippen LogP contribution in [0, 0.1) is 0 Å². The second-order valence-electron chi connectivity index (χ2n) is 5.08. The van der Waals surface area contributed by atoms with Crippen molar-refractivity contribution in [2.45, 2.75) is 19.8 Å². The molecule has 0 aliphatic carbocycles. The number of rotatable bonds is 7. The van der Waals surface area contributed by atoms with Crippen LogP contribution in [0.25, 0.3) is 0 Å². The maximum atomic E-state index is 11.9. The van der Waals surface area contributed by atoms with Gasteiger partial charge in [0.2, 0.25) is 0 Å². The molecule has 0 aliphatic heterocycles. The number of methoxy groups -OCH3 is 1. The maximum absolute atomic E-state index is 11.9. The molecular formula is C18H20BrNO3. The summed E-state index contributed by atoms with van der Waals surface area (Å²) in [6.07, 6.45) is 2.12. The van der Waals surface area contributed by atoms with E-state index >= 15 is 0 Å². The Morgan fingerprint density at radius 3 is 2.52 bits per heavy atom. The Morgan fingerprint density at radius 1 is 1.17 bits per heavy atom. The van der Waals surface area contributed by atoms with Crippen molar-refractivity contribution in [1.29, 1.82) is 0 Å². The predicted octanol–water partition coefficient (Wildman–Crippen LogP) is 4.43. The van der Waals surface area contributed by atoms with Crippen LogP contribution in [0.15, 0.2) is 46.9 Å². The van der Waals surface area contributed by atoms with Crippen molar-refractivity contribution >= 4 is 27.5 Å². The first-order valence-corrected chi connectivity index (χ1v) is 8.26. The SMILES string of the molecule is CCCc1ccc(OCC(=O)Nc2ccc(OC)cc2)c(Br)c1. The number of anilines is 1. The number of aryl methyl sites for hydroxylation is 1. The van der Waals surface area contributed by atoms with Crippen LogP contribution >= 0.6 is 15.9 Å². The molecule has 0 aliphatic rings. The Morgan fingerprint density at radius 2 is 1.91 bits per heavy atom. The molecule has 1 amide bonds. The van der Waals surface area contributed by atoms with Crippen molar-refractivity contribution < 1.29 is 14.3 Å². The zero-order valence-corrected chi connectivity index (χ0v) is 14.9. The Labute approximate surface area is 144 Å². The van der Waals surface area contributed by atoms with Gasteiger partial charge in [0.25, 0.3) is 5.91 Å². The van der Waals surface area contributed by atoms with Crippen LogP contribution in [-0.2, 0) is 11.2 Å². The van der Waals surface area contributed by atoms with Crippen LogP contribution in [0.2, 0.25) is 0 Å². The molecule has 0 atom stereocenters. The van der Waals surface area contributed by atoms with Crippen molar-refractivity contribution in [2.75, 3.05) is 19.0 Å². The Bertz CT molecular complexity index is 656. The second-order valence-corrected chi connectivity index (χ2v) is 5.93. The summed E-state index contributed by atoms with van der Waals surface area (Å²) in [6, 6.07) is 13.1. The Balaban J connectivity index is 1.88. The molecule has 1 N–H and O–H groups in total. The molecule has 0 saturated heterocycles. The van der Waals surface area contributed by atoms with E-state index in [2.05, 4.69) is 28.2 Å². The molecule has 4 nitrogen and oxygen atoms in total. The Kier molecular flexibility index (Phi) is 6.47. The average molecular weight is 378 g/mol. The Hall–Kier alpha value is -2.01. The van der Waals surface area contributed by atoms with Gasteiger partial charge in [-0.1, -0.05) is 19.4 Å². The monoisotopic (exact) mass is 377 g/mol. The summed E-state index contributed by atoms with van der Waals surface area (Å²) in [5.74, 6) is 1.20. The summed E-state index contributed by atoms with van der Waals surface area (Å²) < 4.78 is 11.5. The minimum atomic E-state index is -0.209. The van der Waals surface area contributed by atoms with Gasteiger partial charge in [-0.25, -0.2) is 0 Å². The molecule has 2 rings (SSSR count). The van der Waals surface area contributed by atoms with Gasteiger partial charge in [0.15, 0.2) is 6.61 Å². The standard InChI is InChI=1S/C18H20BrNO3/c1-3-4-13-5-10-17(16(19)11-13)23-12-18(21)20-14-6-8-15(22-2)9-7-14/h5-11H,3-4,12H2,1-2H3,(H,20,21). The van der Waals surface area contributed by atoms with Gasteiger partial charge in [-0.3, -0.25) is 4.79 Å². The fourth-order valence-corrected chi connectivity index (χ4v) is 2.66. The number of amides is 1. The summed E-state index contributed by atoms with van der Waals surface area (Å²) in [5, 5.41) is 2.78. The highest BCUT2D eigenvalue weighted by Crippen LogP contribution is 2.26. The highest BCUT2D eigenvalue weighted by Gasteiger charge is 2.07. The molecule has 5 heteroatoms. The van der Waals surface area contributed by atoms with Crippen LogP contribution < -0.4 is 14.8 Å². The molecule has 0 spiro atoms. The summed E-state index contributed by atoms with van der Waals surface area (Å²) in [5.41, 5.74) is 1.95. The molecule has 2 aromatic carbocycles. The second kappa shape index (κ2) is 8.58. The van der Waals surface area contributed by atoms with Crippen LogP contribution in [0.1, 0.15) is 18.9 Å². The first kappa shape index (κ1) is 17.3. The molecule has 0 heterocycles. The zero-order valence-electron chi connectivity index (χ0n) is 13.3. The van der Waals surface area contributed by atoms with Gasteiger partial charge < -0.3 is 14.8 Å². The number of hydrogen-bond acceptors (Lipinski definition) is 3. The zero-order chi connectivity index (χ0) is 16.7. The summed E-state index contributed by atoms with van der Waals surface area (Å²) in [4.78, 5) is 11.9. The van der Waals surface area contributed by atoms with Gasteiger partial charge in [-0.2, -0.15) is 0 Å². The van der Waals surface area contributed by atoms with Crippen LogP contribution in [0.4, 0.5) is 5.69 Å². The van der Waals surface area contributed by atoms with Gasteiger partial charge in [0.1, 0.15) is 11.5 Å². The van der Waals surface area contributed by atoms with E-state index in [1.165, 1.54) is 5.56 Å². The number of carbonyl (C=O) groups excluding carboxylic acids is 1. The van der Waals surface area contributed by atoms with Gasteiger partial charge >= 0.3 is 0 Å². The molecular weight excluding hydrogens is 358 g/mol. The largest absolute Gasteiger partial charge is 0.497 e. The average Bonchev–Trinajstić information content (AvgIpc) is 2.55. The molecule has 0 fully saturated rings. The molecule has 0 saturated carbocycles. The van der Waals surface area contributed by atoms with Gasteiger partial charge in [0.05, 0.1) is 11.6 Å². The normalized spacial score (nSPS) is 10.2. The van der Waals surface area contributed by atoms with Crippen molar-refractivity contribution in [3.8, 4) is 11.5 Å². The van der Waals surface area contributed by atoms with Crippen LogP contribution in [-0.4, -0.2) is 19.6 Å². The quantitative estimate of drug-likeness (QED) is 0.776. The van der Waals surface area contributed by atoms with Crippen molar-refractivity contribution in [3.63, 3.8) is 0 Å². The first-order valence-electron chi connectivity index (χ1n) is 7.47.